The third-order valence-corrected chi connectivity index (χ3v) is 4.32. The molecule has 28 heavy (non-hydrogen) atoms. The Balaban J connectivity index is 0.00000280. The van der Waals surface area contributed by atoms with Crippen LogP contribution in [0.25, 0.3) is 0 Å². The van der Waals surface area contributed by atoms with Crippen molar-refractivity contribution in [2.45, 2.75) is 13.0 Å². The van der Waals surface area contributed by atoms with E-state index in [1.807, 2.05) is 18.2 Å². The van der Waals surface area contributed by atoms with E-state index in [9.17, 15) is 8.42 Å². The highest BCUT2D eigenvalue weighted by molar-refractivity contribution is 14.0. The molecule has 1 heterocycles. The van der Waals surface area contributed by atoms with E-state index in [0.29, 0.717) is 31.2 Å². The van der Waals surface area contributed by atoms with Crippen molar-refractivity contribution in [2.24, 2.45) is 10.7 Å². The van der Waals surface area contributed by atoms with Gasteiger partial charge in [-0.25, -0.2) is 13.4 Å². The molecule has 0 spiro atoms. The van der Waals surface area contributed by atoms with Gasteiger partial charge >= 0.3 is 0 Å². The zero-order valence-corrected chi connectivity index (χ0v) is 18.5. The van der Waals surface area contributed by atoms with Gasteiger partial charge in [-0.05, 0) is 29.8 Å². The van der Waals surface area contributed by atoms with E-state index in [-0.39, 0.29) is 29.9 Å². The maximum Gasteiger partial charge on any atom is 0.229 e. The summed E-state index contributed by atoms with van der Waals surface area (Å²) < 4.78 is 36.1. The van der Waals surface area contributed by atoms with Crippen molar-refractivity contribution in [1.29, 1.82) is 0 Å². The Hall–Kier alpha value is -2.21. The Morgan fingerprint density at radius 3 is 2.39 bits per heavy atom. The molecule has 0 bridgehead atoms. The molecule has 152 valence electrons. The topological polar surface area (TPSA) is 115 Å². The second-order valence-corrected chi connectivity index (χ2v) is 7.86. The predicted octanol–water partition coefficient (Wildman–Crippen LogP) is 2.76. The smallest absolute Gasteiger partial charge is 0.229 e. The van der Waals surface area contributed by atoms with Gasteiger partial charge in [0.1, 0.15) is 0 Å². The number of nitrogens with one attached hydrogen (secondary N) is 2. The molecule has 0 saturated carbocycles. The van der Waals surface area contributed by atoms with E-state index >= 15 is 0 Å². The number of nitrogens with zero attached hydrogens (tertiary/aromatic N) is 1. The minimum atomic E-state index is -3.29. The summed E-state index contributed by atoms with van der Waals surface area (Å²) in [5.41, 5.74) is 8.11. The lowest BCUT2D eigenvalue weighted by Crippen LogP contribution is -2.22. The largest absolute Gasteiger partial charge is 0.490 e. The van der Waals surface area contributed by atoms with E-state index in [4.69, 9.17) is 15.2 Å². The Labute approximate surface area is 181 Å². The van der Waals surface area contributed by atoms with Crippen LogP contribution in [-0.4, -0.2) is 33.8 Å². The van der Waals surface area contributed by atoms with Crippen molar-refractivity contribution in [2.75, 3.05) is 29.5 Å². The van der Waals surface area contributed by atoms with Crippen LogP contribution < -0.4 is 25.2 Å². The number of nitrogens with two attached hydrogens (primary N) is 1. The molecular formula is C18H23IN4O4S. The van der Waals surface area contributed by atoms with Gasteiger partial charge in [-0.15, -0.1) is 24.0 Å². The first-order chi connectivity index (χ1) is 12.9. The molecule has 2 aromatic rings. The summed E-state index contributed by atoms with van der Waals surface area (Å²) >= 11 is 0. The number of hydrogen-bond acceptors (Lipinski definition) is 5. The monoisotopic (exact) mass is 518 g/mol. The highest BCUT2D eigenvalue weighted by atomic mass is 127. The molecule has 0 fully saturated rings. The van der Waals surface area contributed by atoms with Gasteiger partial charge in [0.05, 0.1) is 26.0 Å². The number of anilines is 2. The van der Waals surface area contributed by atoms with Crippen LogP contribution >= 0.6 is 24.0 Å². The van der Waals surface area contributed by atoms with Crippen LogP contribution in [0, 0.1) is 0 Å². The van der Waals surface area contributed by atoms with E-state index in [0.717, 1.165) is 29.7 Å². The summed E-state index contributed by atoms with van der Waals surface area (Å²) in [6, 6.07) is 12.5. The second-order valence-electron chi connectivity index (χ2n) is 6.11. The fraction of sp³-hybridized carbons (Fsp3) is 0.278. The van der Waals surface area contributed by atoms with Gasteiger partial charge in [0.25, 0.3) is 0 Å². The summed E-state index contributed by atoms with van der Waals surface area (Å²) in [4.78, 5) is 4.30. The SMILES string of the molecule is CS(=O)(=O)Nc1ccc(CN=C(N)Nc2ccc3c(c2)OCCCO3)cc1.I. The van der Waals surface area contributed by atoms with Crippen LogP contribution in [-0.2, 0) is 16.6 Å². The first-order valence-electron chi connectivity index (χ1n) is 8.42. The van der Waals surface area contributed by atoms with Gasteiger partial charge in [0, 0.05) is 23.9 Å². The highest BCUT2D eigenvalue weighted by Gasteiger charge is 2.10. The third-order valence-electron chi connectivity index (χ3n) is 3.71. The molecule has 0 saturated heterocycles. The lowest BCUT2D eigenvalue weighted by Gasteiger charge is -2.11. The normalized spacial score (nSPS) is 13.8. The zero-order valence-electron chi connectivity index (χ0n) is 15.3. The van der Waals surface area contributed by atoms with Crippen LogP contribution in [0.5, 0.6) is 11.5 Å². The highest BCUT2D eigenvalue weighted by Crippen LogP contribution is 2.32. The average Bonchev–Trinajstić information content (AvgIpc) is 2.85. The molecule has 1 aliphatic heterocycles. The number of hydrogen-bond donors (Lipinski definition) is 3. The molecule has 0 aromatic heterocycles. The minimum Gasteiger partial charge on any atom is -0.490 e. The number of aliphatic imine (C=N–C) groups is 1. The lowest BCUT2D eigenvalue weighted by atomic mass is 10.2. The number of rotatable bonds is 5. The van der Waals surface area contributed by atoms with Crippen molar-refractivity contribution < 1.29 is 17.9 Å². The number of ether oxygens (including phenoxy) is 2. The van der Waals surface area contributed by atoms with Gasteiger partial charge in [-0.2, -0.15) is 0 Å². The van der Waals surface area contributed by atoms with Crippen molar-refractivity contribution >= 4 is 51.3 Å². The number of halogens is 1. The Kier molecular flexibility index (Phi) is 7.75. The first-order valence-corrected chi connectivity index (χ1v) is 10.3. The Bertz CT molecular complexity index is 933. The van der Waals surface area contributed by atoms with Gasteiger partial charge in [-0.1, -0.05) is 12.1 Å². The summed E-state index contributed by atoms with van der Waals surface area (Å²) in [5, 5.41) is 3.03. The molecule has 0 aliphatic carbocycles. The Morgan fingerprint density at radius 1 is 1.07 bits per heavy atom. The molecule has 0 unspecified atom stereocenters. The van der Waals surface area contributed by atoms with E-state index in [1.165, 1.54) is 0 Å². The number of sulfonamides is 1. The molecule has 0 radical (unpaired) electrons. The molecule has 4 N–H and O–H groups in total. The molecular weight excluding hydrogens is 495 g/mol. The summed E-state index contributed by atoms with van der Waals surface area (Å²) in [6.07, 6.45) is 1.96. The average molecular weight is 518 g/mol. The lowest BCUT2D eigenvalue weighted by molar-refractivity contribution is 0.297. The molecule has 8 nitrogen and oxygen atoms in total. The standard InChI is InChI=1S/C18H22N4O4S.HI/c1-27(23,24)22-14-5-3-13(4-6-14)12-20-18(19)21-15-7-8-16-17(11-15)26-10-2-9-25-16;/h3-8,11,22H,2,9-10,12H2,1H3,(H3,19,20,21);1H. The van der Waals surface area contributed by atoms with Crippen LogP contribution in [0.4, 0.5) is 11.4 Å². The molecule has 1 aliphatic rings. The quantitative estimate of drug-likeness (QED) is 0.319. The molecule has 0 atom stereocenters. The maximum absolute atomic E-state index is 11.2. The fourth-order valence-corrected chi connectivity index (χ4v) is 3.06. The number of fused-ring (bicyclic) bond motifs is 1. The summed E-state index contributed by atoms with van der Waals surface area (Å²) in [7, 11) is -3.29. The van der Waals surface area contributed by atoms with Gasteiger partial charge in [0.2, 0.25) is 10.0 Å². The van der Waals surface area contributed by atoms with Crippen LogP contribution in [0.1, 0.15) is 12.0 Å². The van der Waals surface area contributed by atoms with E-state index < -0.39 is 10.0 Å². The number of benzene rings is 2. The van der Waals surface area contributed by atoms with Crippen LogP contribution in [0.2, 0.25) is 0 Å². The van der Waals surface area contributed by atoms with Crippen LogP contribution in [0.3, 0.4) is 0 Å². The first kappa shape index (κ1) is 22.1. The van der Waals surface area contributed by atoms with Crippen LogP contribution in [0.15, 0.2) is 47.5 Å². The summed E-state index contributed by atoms with van der Waals surface area (Å²) in [5.74, 6) is 1.67. The van der Waals surface area contributed by atoms with Crippen molar-refractivity contribution in [1.82, 2.24) is 0 Å². The summed E-state index contributed by atoms with van der Waals surface area (Å²) in [6.45, 7) is 1.62. The maximum atomic E-state index is 11.2. The van der Waals surface area contributed by atoms with E-state index in [2.05, 4.69) is 15.0 Å². The van der Waals surface area contributed by atoms with Crippen molar-refractivity contribution in [3.63, 3.8) is 0 Å². The Morgan fingerprint density at radius 2 is 1.71 bits per heavy atom. The van der Waals surface area contributed by atoms with Crippen molar-refractivity contribution in [3.8, 4) is 11.5 Å². The predicted molar refractivity (Wildman–Crippen MR) is 121 cm³/mol. The zero-order chi connectivity index (χ0) is 19.3. The molecule has 2 aromatic carbocycles. The van der Waals surface area contributed by atoms with E-state index in [1.54, 1.807) is 24.3 Å². The fourth-order valence-electron chi connectivity index (χ4n) is 2.50. The van der Waals surface area contributed by atoms with Gasteiger partial charge < -0.3 is 20.5 Å². The second kappa shape index (κ2) is 9.82. The third kappa shape index (κ3) is 6.75. The number of guanidine groups is 1. The molecule has 10 heteroatoms. The molecule has 0 amide bonds. The van der Waals surface area contributed by atoms with Gasteiger partial charge in [-0.3, -0.25) is 4.72 Å². The molecule has 3 rings (SSSR count). The van der Waals surface area contributed by atoms with Crippen molar-refractivity contribution in [3.05, 3.63) is 48.0 Å². The minimum absolute atomic E-state index is 0. The van der Waals surface area contributed by atoms with Gasteiger partial charge in [0.15, 0.2) is 17.5 Å².